The van der Waals surface area contributed by atoms with Gasteiger partial charge in [0.25, 0.3) is 0 Å². The van der Waals surface area contributed by atoms with Gasteiger partial charge in [-0.25, -0.2) is 9.48 Å². The fourth-order valence-electron chi connectivity index (χ4n) is 1.59. The molecule has 20 heavy (non-hydrogen) atoms. The Labute approximate surface area is 112 Å². The summed E-state index contributed by atoms with van der Waals surface area (Å²) in [4.78, 5) is 11.4. The Morgan fingerprint density at radius 2 is 2.05 bits per heavy atom. The Hall–Kier alpha value is -2.38. The standard InChI is InChI=1S/C12H10F3N3O2/c1-2-20-11(19)9-7-18(17-16-9)10-6-4-3-5-8(10)12(13,14)15/h3-7H,2H2,1H3. The van der Waals surface area contributed by atoms with Crippen molar-refractivity contribution < 1.29 is 22.7 Å². The number of halogens is 3. The van der Waals surface area contributed by atoms with Crippen molar-refractivity contribution >= 4 is 5.97 Å². The van der Waals surface area contributed by atoms with Crippen LogP contribution in [0.3, 0.4) is 0 Å². The summed E-state index contributed by atoms with van der Waals surface area (Å²) < 4.78 is 44.2. The molecule has 5 nitrogen and oxygen atoms in total. The minimum atomic E-state index is -4.52. The van der Waals surface area contributed by atoms with Crippen molar-refractivity contribution in [1.82, 2.24) is 15.0 Å². The van der Waals surface area contributed by atoms with Gasteiger partial charge in [0, 0.05) is 0 Å². The van der Waals surface area contributed by atoms with E-state index in [1.54, 1.807) is 6.92 Å². The van der Waals surface area contributed by atoms with E-state index in [1.165, 1.54) is 18.2 Å². The third-order valence-electron chi connectivity index (χ3n) is 2.43. The molecule has 8 heteroatoms. The topological polar surface area (TPSA) is 57.0 Å². The normalized spacial score (nSPS) is 11.4. The van der Waals surface area contributed by atoms with E-state index in [0.717, 1.165) is 16.9 Å². The lowest BCUT2D eigenvalue weighted by Gasteiger charge is -2.11. The number of carbonyl (C=O) groups is 1. The van der Waals surface area contributed by atoms with Gasteiger partial charge in [-0.1, -0.05) is 17.3 Å². The maximum Gasteiger partial charge on any atom is 0.418 e. The Balaban J connectivity index is 2.41. The second-order valence-corrected chi connectivity index (χ2v) is 3.78. The summed E-state index contributed by atoms with van der Waals surface area (Å²) in [5.74, 6) is -0.733. The van der Waals surface area contributed by atoms with Gasteiger partial charge in [0.1, 0.15) is 0 Å². The first-order valence-electron chi connectivity index (χ1n) is 5.69. The Morgan fingerprint density at radius 3 is 2.70 bits per heavy atom. The second kappa shape index (κ2) is 5.32. The van der Waals surface area contributed by atoms with E-state index >= 15 is 0 Å². The highest BCUT2D eigenvalue weighted by atomic mass is 19.4. The van der Waals surface area contributed by atoms with Gasteiger partial charge in [-0.2, -0.15) is 13.2 Å². The van der Waals surface area contributed by atoms with Gasteiger partial charge < -0.3 is 4.74 Å². The third-order valence-corrected chi connectivity index (χ3v) is 2.43. The first-order chi connectivity index (χ1) is 9.43. The van der Waals surface area contributed by atoms with Crippen LogP contribution in [0.5, 0.6) is 0 Å². The Morgan fingerprint density at radius 1 is 1.35 bits per heavy atom. The molecular formula is C12H10F3N3O2. The van der Waals surface area contributed by atoms with Gasteiger partial charge in [-0.3, -0.25) is 0 Å². The van der Waals surface area contributed by atoms with Gasteiger partial charge in [0.2, 0.25) is 0 Å². The summed E-state index contributed by atoms with van der Waals surface area (Å²) in [6.07, 6.45) is -3.42. The molecule has 0 atom stereocenters. The summed E-state index contributed by atoms with van der Waals surface area (Å²) in [6.45, 7) is 1.76. The van der Waals surface area contributed by atoms with Crippen LogP contribution in [0.25, 0.3) is 5.69 Å². The van der Waals surface area contributed by atoms with Crippen molar-refractivity contribution in [3.05, 3.63) is 41.7 Å². The third kappa shape index (κ3) is 2.79. The SMILES string of the molecule is CCOC(=O)c1cn(-c2ccccc2C(F)(F)F)nn1. The fourth-order valence-corrected chi connectivity index (χ4v) is 1.59. The number of rotatable bonds is 3. The lowest BCUT2D eigenvalue weighted by molar-refractivity contribution is -0.137. The van der Waals surface area contributed by atoms with Crippen LogP contribution in [-0.4, -0.2) is 27.6 Å². The zero-order valence-electron chi connectivity index (χ0n) is 10.4. The molecule has 1 heterocycles. The number of para-hydroxylation sites is 1. The van der Waals surface area contributed by atoms with E-state index in [0.29, 0.717) is 0 Å². The second-order valence-electron chi connectivity index (χ2n) is 3.78. The van der Waals surface area contributed by atoms with Crippen LogP contribution in [0.4, 0.5) is 13.2 Å². The smallest absolute Gasteiger partial charge is 0.418 e. The van der Waals surface area contributed by atoms with Crippen molar-refractivity contribution in [3.63, 3.8) is 0 Å². The summed E-state index contributed by atoms with van der Waals surface area (Å²) in [6, 6.07) is 4.89. The molecule has 0 aliphatic carbocycles. The zero-order valence-corrected chi connectivity index (χ0v) is 10.4. The molecule has 1 aromatic heterocycles. The van der Waals surface area contributed by atoms with E-state index in [2.05, 4.69) is 10.3 Å². The van der Waals surface area contributed by atoms with Crippen LogP contribution >= 0.6 is 0 Å². The highest BCUT2D eigenvalue weighted by Crippen LogP contribution is 2.33. The van der Waals surface area contributed by atoms with Crippen molar-refractivity contribution in [2.45, 2.75) is 13.1 Å². The number of benzene rings is 1. The number of hydrogen-bond donors (Lipinski definition) is 0. The average Bonchev–Trinajstić information content (AvgIpc) is 2.87. The van der Waals surface area contributed by atoms with Crippen LogP contribution in [-0.2, 0) is 10.9 Å². The number of ether oxygens (including phenoxy) is 1. The average molecular weight is 285 g/mol. The van der Waals surface area contributed by atoms with Crippen LogP contribution in [0.1, 0.15) is 23.0 Å². The summed E-state index contributed by atoms with van der Waals surface area (Å²) in [5.41, 5.74) is -1.22. The summed E-state index contributed by atoms with van der Waals surface area (Å²) in [7, 11) is 0. The fraction of sp³-hybridized carbons (Fsp3) is 0.250. The van der Waals surface area contributed by atoms with Gasteiger partial charge in [-0.15, -0.1) is 5.10 Å². The van der Waals surface area contributed by atoms with Crippen LogP contribution < -0.4 is 0 Å². The van der Waals surface area contributed by atoms with Crippen molar-refractivity contribution in [2.24, 2.45) is 0 Å². The number of aromatic nitrogens is 3. The van der Waals surface area contributed by atoms with Crippen molar-refractivity contribution in [3.8, 4) is 5.69 Å². The molecule has 1 aromatic carbocycles. The lowest BCUT2D eigenvalue weighted by atomic mass is 10.1. The minimum absolute atomic E-state index is 0.144. The summed E-state index contributed by atoms with van der Waals surface area (Å²) >= 11 is 0. The molecule has 0 amide bonds. The molecule has 0 N–H and O–H groups in total. The molecule has 0 saturated carbocycles. The van der Waals surface area contributed by atoms with Crippen molar-refractivity contribution in [2.75, 3.05) is 6.61 Å². The molecule has 2 aromatic rings. The first kappa shape index (κ1) is 14.0. The molecule has 0 radical (unpaired) electrons. The van der Waals surface area contributed by atoms with Gasteiger partial charge in [0.05, 0.1) is 24.1 Å². The quantitative estimate of drug-likeness (QED) is 0.813. The highest BCUT2D eigenvalue weighted by molar-refractivity contribution is 5.86. The van der Waals surface area contributed by atoms with Crippen LogP contribution in [0, 0.1) is 0 Å². The number of carbonyl (C=O) groups excluding carboxylic acids is 1. The number of alkyl halides is 3. The van der Waals surface area contributed by atoms with E-state index in [1.807, 2.05) is 0 Å². The van der Waals surface area contributed by atoms with E-state index in [9.17, 15) is 18.0 Å². The largest absolute Gasteiger partial charge is 0.461 e. The predicted octanol–water partition coefficient (Wildman–Crippen LogP) is 2.46. The van der Waals surface area contributed by atoms with Crippen LogP contribution in [0.2, 0.25) is 0 Å². The molecule has 0 aliphatic heterocycles. The Bertz CT molecular complexity index is 622. The molecule has 0 bridgehead atoms. The highest BCUT2D eigenvalue weighted by Gasteiger charge is 2.34. The van der Waals surface area contributed by atoms with Gasteiger partial charge in [0.15, 0.2) is 5.69 Å². The molecule has 0 aliphatic rings. The molecule has 2 rings (SSSR count). The van der Waals surface area contributed by atoms with Crippen LogP contribution in [0.15, 0.2) is 30.5 Å². The zero-order chi connectivity index (χ0) is 14.8. The monoisotopic (exact) mass is 285 g/mol. The van der Waals surface area contributed by atoms with E-state index in [-0.39, 0.29) is 18.0 Å². The van der Waals surface area contributed by atoms with E-state index in [4.69, 9.17) is 4.74 Å². The predicted molar refractivity (Wildman–Crippen MR) is 62.3 cm³/mol. The minimum Gasteiger partial charge on any atom is -0.461 e. The van der Waals surface area contributed by atoms with Crippen molar-refractivity contribution in [1.29, 1.82) is 0 Å². The molecule has 0 fully saturated rings. The lowest BCUT2D eigenvalue weighted by Crippen LogP contribution is -2.11. The molecule has 0 saturated heterocycles. The molecule has 0 spiro atoms. The van der Waals surface area contributed by atoms with Gasteiger partial charge in [-0.05, 0) is 19.1 Å². The molecule has 0 unspecified atom stereocenters. The molecular weight excluding hydrogens is 275 g/mol. The Kier molecular flexibility index (Phi) is 3.73. The first-order valence-corrected chi connectivity index (χ1v) is 5.69. The van der Waals surface area contributed by atoms with E-state index < -0.39 is 17.7 Å². The number of esters is 1. The molecule has 106 valence electrons. The summed E-state index contributed by atoms with van der Waals surface area (Å²) in [5, 5.41) is 7.04. The number of nitrogens with zero attached hydrogens (tertiary/aromatic N) is 3. The van der Waals surface area contributed by atoms with Gasteiger partial charge >= 0.3 is 12.1 Å². The number of hydrogen-bond acceptors (Lipinski definition) is 4. The maximum absolute atomic E-state index is 12.9. The maximum atomic E-state index is 12.9.